The molecule has 31 heavy (non-hydrogen) atoms. The van der Waals surface area contributed by atoms with Gasteiger partial charge >= 0.3 is 5.97 Å². The molecule has 7 heteroatoms. The summed E-state index contributed by atoms with van der Waals surface area (Å²) in [6, 6.07) is 6.07. The largest absolute Gasteiger partial charge is 0.481 e. The molecule has 1 aromatic rings. The average Bonchev–Trinajstić information content (AvgIpc) is 2.71. The zero-order valence-electron chi connectivity index (χ0n) is 18.5. The van der Waals surface area contributed by atoms with Crippen LogP contribution in [0.2, 0.25) is 0 Å². The van der Waals surface area contributed by atoms with Gasteiger partial charge in [-0.05, 0) is 54.7 Å². The van der Waals surface area contributed by atoms with Gasteiger partial charge in [-0.25, -0.2) is 4.39 Å². The van der Waals surface area contributed by atoms with Crippen molar-refractivity contribution in [3.8, 4) is 0 Å². The van der Waals surface area contributed by atoms with Crippen LogP contribution < -0.4 is 10.6 Å². The van der Waals surface area contributed by atoms with E-state index in [-0.39, 0.29) is 42.3 Å². The van der Waals surface area contributed by atoms with E-state index in [1.54, 1.807) is 12.1 Å². The Morgan fingerprint density at radius 2 is 1.77 bits per heavy atom. The minimum absolute atomic E-state index is 0.0199. The number of nitrogens with one attached hydrogen (secondary N) is 2. The molecule has 1 aliphatic rings. The average molecular weight is 433 g/mol. The minimum atomic E-state index is -0.982. The van der Waals surface area contributed by atoms with Crippen molar-refractivity contribution in [1.29, 1.82) is 0 Å². The molecule has 0 heterocycles. The highest BCUT2D eigenvalue weighted by molar-refractivity contribution is 5.80. The van der Waals surface area contributed by atoms with E-state index in [4.69, 9.17) is 5.11 Å². The summed E-state index contributed by atoms with van der Waals surface area (Å²) in [6.45, 7) is 7.15. The lowest BCUT2D eigenvalue weighted by molar-refractivity contribution is -0.138. The molecule has 170 valence electrons. The molecule has 0 spiro atoms. The van der Waals surface area contributed by atoms with E-state index >= 15 is 0 Å². The quantitative estimate of drug-likeness (QED) is 0.492. The number of benzene rings is 1. The molecule has 3 N–H and O–H groups in total. The van der Waals surface area contributed by atoms with Gasteiger partial charge in [-0.2, -0.15) is 0 Å². The van der Waals surface area contributed by atoms with Crippen molar-refractivity contribution >= 4 is 17.8 Å². The molecule has 0 aromatic heterocycles. The van der Waals surface area contributed by atoms with Gasteiger partial charge in [0.1, 0.15) is 5.82 Å². The Balaban J connectivity index is 1.91. The Hall–Kier alpha value is -2.70. The summed E-state index contributed by atoms with van der Waals surface area (Å²) in [5.41, 5.74) is 1.99. The van der Waals surface area contributed by atoms with E-state index in [0.717, 1.165) is 17.6 Å². The van der Waals surface area contributed by atoms with E-state index in [9.17, 15) is 18.8 Å². The maximum absolute atomic E-state index is 13.0. The molecule has 1 aliphatic carbocycles. The predicted molar refractivity (Wildman–Crippen MR) is 116 cm³/mol. The number of allylic oxidation sites excluding steroid dienone is 1. The number of carboxylic acid groups (broad SMARTS) is 1. The first-order chi connectivity index (χ1) is 14.7. The molecule has 2 amide bonds. The van der Waals surface area contributed by atoms with Crippen LogP contribution in [0.1, 0.15) is 52.0 Å². The molecule has 0 aliphatic heterocycles. The van der Waals surface area contributed by atoms with Crippen LogP contribution in [0.15, 0.2) is 35.9 Å². The van der Waals surface area contributed by atoms with Gasteiger partial charge in [-0.15, -0.1) is 0 Å². The summed E-state index contributed by atoms with van der Waals surface area (Å²) in [5.74, 6) is -0.571. The molecule has 1 aromatic carbocycles. The number of carbonyl (C=O) groups excluding carboxylic acids is 2. The summed E-state index contributed by atoms with van der Waals surface area (Å²) in [6.07, 6.45) is 3.22. The zero-order chi connectivity index (χ0) is 23.0. The molecule has 2 rings (SSSR count). The van der Waals surface area contributed by atoms with Crippen LogP contribution in [-0.2, 0) is 20.9 Å². The molecule has 0 saturated carbocycles. The van der Waals surface area contributed by atoms with Gasteiger partial charge in [-0.1, -0.05) is 37.6 Å². The lowest BCUT2D eigenvalue weighted by Gasteiger charge is -2.37. The summed E-state index contributed by atoms with van der Waals surface area (Å²) >= 11 is 0. The van der Waals surface area contributed by atoms with Crippen molar-refractivity contribution in [3.63, 3.8) is 0 Å². The van der Waals surface area contributed by atoms with Crippen molar-refractivity contribution in [2.75, 3.05) is 6.54 Å². The van der Waals surface area contributed by atoms with Gasteiger partial charge in [-0.3, -0.25) is 14.4 Å². The maximum atomic E-state index is 13.0. The zero-order valence-corrected chi connectivity index (χ0v) is 18.5. The standard InChI is InChI=1S/C24H33FN2O4/c1-15(2)21-11-18(12-23(29)26-13-17-4-6-20(25)7-5-17)16(3)10-19(21)14-27-22(28)8-9-24(30)31/h4-7,10,15,18-19,21H,8-9,11-14H2,1-3H3,(H,26,29)(H,27,28)(H,30,31)/t18-,19-,21-/m0/s1. The molecule has 0 radical (unpaired) electrons. The second-order valence-electron chi connectivity index (χ2n) is 8.72. The molecule has 3 atom stereocenters. The first-order valence-electron chi connectivity index (χ1n) is 10.8. The fraction of sp³-hybridized carbons (Fsp3) is 0.542. The van der Waals surface area contributed by atoms with Gasteiger partial charge in [0.15, 0.2) is 0 Å². The van der Waals surface area contributed by atoms with Crippen molar-refractivity contribution in [3.05, 3.63) is 47.3 Å². The van der Waals surface area contributed by atoms with Crippen LogP contribution in [-0.4, -0.2) is 29.4 Å². The van der Waals surface area contributed by atoms with Gasteiger partial charge in [0, 0.05) is 25.9 Å². The smallest absolute Gasteiger partial charge is 0.303 e. The topological polar surface area (TPSA) is 95.5 Å². The van der Waals surface area contributed by atoms with Gasteiger partial charge in [0.25, 0.3) is 0 Å². The predicted octanol–water partition coefficient (Wildman–Crippen LogP) is 3.67. The number of aliphatic carboxylic acids is 1. The number of carboxylic acids is 1. The van der Waals surface area contributed by atoms with Crippen molar-refractivity contribution in [1.82, 2.24) is 10.6 Å². The normalized spacial score (nSPS) is 20.8. The lowest BCUT2D eigenvalue weighted by Crippen LogP contribution is -2.37. The number of carbonyl (C=O) groups is 3. The first-order valence-corrected chi connectivity index (χ1v) is 10.8. The van der Waals surface area contributed by atoms with Crippen LogP contribution >= 0.6 is 0 Å². The molecule has 0 unspecified atom stereocenters. The molecule has 0 fully saturated rings. The summed E-state index contributed by atoms with van der Waals surface area (Å²) in [4.78, 5) is 35.0. The third-order valence-electron chi connectivity index (χ3n) is 6.02. The van der Waals surface area contributed by atoms with Gasteiger partial charge in [0.05, 0.1) is 6.42 Å². The van der Waals surface area contributed by atoms with E-state index in [0.29, 0.717) is 31.3 Å². The highest BCUT2D eigenvalue weighted by Crippen LogP contribution is 2.38. The molecule has 0 bridgehead atoms. The second-order valence-corrected chi connectivity index (χ2v) is 8.72. The Morgan fingerprint density at radius 3 is 2.39 bits per heavy atom. The molecule has 6 nitrogen and oxygen atoms in total. The summed E-state index contributed by atoms with van der Waals surface area (Å²) in [7, 11) is 0. The second kappa shape index (κ2) is 11.6. The number of halogens is 1. The van der Waals surface area contributed by atoms with Crippen LogP contribution in [0.3, 0.4) is 0 Å². The molecule has 0 saturated heterocycles. The fourth-order valence-electron chi connectivity index (χ4n) is 4.15. The Labute approximate surface area is 183 Å². The van der Waals surface area contributed by atoms with E-state index in [1.807, 2.05) is 6.92 Å². The number of hydrogen-bond donors (Lipinski definition) is 3. The SMILES string of the molecule is CC1=C[C@@H](CNC(=O)CCC(=O)O)[C@H](C(C)C)C[C@H]1CC(=O)NCc1ccc(F)cc1. The summed E-state index contributed by atoms with van der Waals surface area (Å²) in [5, 5.41) is 14.5. The highest BCUT2D eigenvalue weighted by Gasteiger charge is 2.32. The van der Waals surface area contributed by atoms with Gasteiger partial charge in [0.2, 0.25) is 11.8 Å². The number of rotatable bonds is 10. The fourth-order valence-corrected chi connectivity index (χ4v) is 4.15. The van der Waals surface area contributed by atoms with Crippen LogP contribution in [0, 0.1) is 29.5 Å². The monoisotopic (exact) mass is 432 g/mol. The third kappa shape index (κ3) is 8.15. The lowest BCUT2D eigenvalue weighted by atomic mass is 9.69. The highest BCUT2D eigenvalue weighted by atomic mass is 19.1. The van der Waals surface area contributed by atoms with Crippen LogP contribution in [0.25, 0.3) is 0 Å². The van der Waals surface area contributed by atoms with Crippen molar-refractivity contribution in [2.45, 2.75) is 53.0 Å². The number of amides is 2. The van der Waals surface area contributed by atoms with Crippen molar-refractivity contribution in [2.24, 2.45) is 23.7 Å². The molecular weight excluding hydrogens is 399 g/mol. The van der Waals surface area contributed by atoms with Crippen LogP contribution in [0.4, 0.5) is 4.39 Å². The van der Waals surface area contributed by atoms with Crippen LogP contribution in [0.5, 0.6) is 0 Å². The third-order valence-corrected chi connectivity index (χ3v) is 6.02. The van der Waals surface area contributed by atoms with Gasteiger partial charge < -0.3 is 15.7 Å². The number of hydrogen-bond acceptors (Lipinski definition) is 3. The molecular formula is C24H33FN2O4. The first kappa shape index (κ1) is 24.6. The minimum Gasteiger partial charge on any atom is -0.481 e. The van der Waals surface area contributed by atoms with Crippen molar-refractivity contribution < 1.29 is 23.9 Å². The Morgan fingerprint density at radius 1 is 1.10 bits per heavy atom. The van der Waals surface area contributed by atoms with E-state index in [2.05, 4.69) is 30.6 Å². The summed E-state index contributed by atoms with van der Waals surface area (Å²) < 4.78 is 13.0. The maximum Gasteiger partial charge on any atom is 0.303 e. The van der Waals surface area contributed by atoms with E-state index in [1.165, 1.54) is 12.1 Å². The Kier molecular flexibility index (Phi) is 9.21. The van der Waals surface area contributed by atoms with E-state index < -0.39 is 5.97 Å². The Bertz CT molecular complexity index is 804.